The minimum absolute atomic E-state index is 0.141. The second-order valence-corrected chi connectivity index (χ2v) is 9.00. The molecule has 1 aromatic heterocycles. The average Bonchev–Trinajstić information content (AvgIpc) is 3.07. The molecule has 3 rings (SSSR count). The molecule has 1 atom stereocenters. The van der Waals surface area contributed by atoms with Crippen LogP contribution in [0, 0.1) is 6.92 Å². The lowest BCUT2D eigenvalue weighted by atomic mass is 10.2. The average molecular weight is 550 g/mol. The van der Waals surface area contributed by atoms with Gasteiger partial charge in [-0.1, -0.05) is 28.9 Å². The van der Waals surface area contributed by atoms with Crippen LogP contribution in [0.3, 0.4) is 0 Å². The van der Waals surface area contributed by atoms with Gasteiger partial charge in [0.2, 0.25) is 0 Å². The van der Waals surface area contributed by atoms with Crippen LogP contribution in [0.15, 0.2) is 51.4 Å². The van der Waals surface area contributed by atoms with Gasteiger partial charge in [-0.25, -0.2) is 4.68 Å². The van der Waals surface area contributed by atoms with Gasteiger partial charge in [0.25, 0.3) is 5.91 Å². The van der Waals surface area contributed by atoms with E-state index in [9.17, 15) is 14.4 Å². The summed E-state index contributed by atoms with van der Waals surface area (Å²) in [5.41, 5.74) is 4.96. The maximum atomic E-state index is 13.1. The van der Waals surface area contributed by atoms with Crippen LogP contribution in [0.5, 0.6) is 0 Å². The number of aromatic nitrogens is 1. The highest BCUT2D eigenvalue weighted by molar-refractivity contribution is 9.10. The fourth-order valence-electron chi connectivity index (χ4n) is 2.93. The van der Waals surface area contributed by atoms with E-state index in [2.05, 4.69) is 47.9 Å². The van der Waals surface area contributed by atoms with Crippen molar-refractivity contribution in [3.05, 3.63) is 62.7 Å². The van der Waals surface area contributed by atoms with Gasteiger partial charge < -0.3 is 10.6 Å². The molecule has 7 nitrogen and oxygen atoms in total. The van der Waals surface area contributed by atoms with Crippen LogP contribution in [0.1, 0.15) is 36.3 Å². The van der Waals surface area contributed by atoms with E-state index in [1.165, 1.54) is 4.68 Å². The number of rotatable bonds is 5. The molecule has 1 heterocycles. The van der Waals surface area contributed by atoms with Crippen molar-refractivity contribution in [1.82, 2.24) is 9.99 Å². The van der Waals surface area contributed by atoms with Gasteiger partial charge in [-0.2, -0.15) is 0 Å². The minimum atomic E-state index is -0.855. The molecule has 0 saturated heterocycles. The Balaban J connectivity index is 1.95. The van der Waals surface area contributed by atoms with Gasteiger partial charge in [0, 0.05) is 20.4 Å². The summed E-state index contributed by atoms with van der Waals surface area (Å²) in [5.74, 6) is -2.05. The lowest BCUT2D eigenvalue weighted by Crippen LogP contribution is -2.43. The highest BCUT2D eigenvalue weighted by Gasteiger charge is 2.22. The molecule has 31 heavy (non-hydrogen) atoms. The molecular formula is C22H22Br2N4O3. The molecule has 0 bridgehead atoms. The largest absolute Gasteiger partial charge is 0.345 e. The Morgan fingerprint density at radius 3 is 2.45 bits per heavy atom. The summed E-state index contributed by atoms with van der Waals surface area (Å²) >= 11 is 6.86. The molecule has 162 valence electrons. The standard InChI is InChI=1S/C22H22Br2N4O3/c1-4-13(3)25-21(30)22(31)27-28-18-8-6-15(23)10-14(18)11-19(28)20(29)26-17-7-5-12(2)9-16(17)24/h5-11,13H,4H2,1-3H3,(H,25,30)(H,26,29)(H,27,31)/t13-/m0/s1. The lowest BCUT2D eigenvalue weighted by molar-refractivity contribution is -0.137. The first-order valence-electron chi connectivity index (χ1n) is 9.70. The molecule has 3 aromatic rings. The molecule has 3 N–H and O–H groups in total. The third-order valence-electron chi connectivity index (χ3n) is 4.78. The van der Waals surface area contributed by atoms with E-state index in [4.69, 9.17) is 0 Å². The summed E-state index contributed by atoms with van der Waals surface area (Å²) < 4.78 is 2.90. The first-order valence-corrected chi connectivity index (χ1v) is 11.3. The van der Waals surface area contributed by atoms with E-state index < -0.39 is 17.7 Å². The monoisotopic (exact) mass is 548 g/mol. The van der Waals surface area contributed by atoms with Crippen molar-refractivity contribution in [1.29, 1.82) is 0 Å². The topological polar surface area (TPSA) is 92.2 Å². The van der Waals surface area contributed by atoms with Crippen molar-refractivity contribution < 1.29 is 14.4 Å². The number of aryl methyl sites for hydroxylation is 1. The zero-order valence-electron chi connectivity index (χ0n) is 17.3. The van der Waals surface area contributed by atoms with E-state index in [1.807, 2.05) is 39.0 Å². The molecule has 0 aliphatic carbocycles. The number of nitrogens with zero attached hydrogens (tertiary/aromatic N) is 1. The Hall–Kier alpha value is -2.65. The number of anilines is 1. The fourth-order valence-corrected chi connectivity index (χ4v) is 3.90. The quantitative estimate of drug-likeness (QED) is 0.402. The number of carbonyl (C=O) groups is 3. The molecule has 0 fully saturated rings. The summed E-state index contributed by atoms with van der Waals surface area (Å²) in [6.07, 6.45) is 0.693. The molecule has 9 heteroatoms. The number of benzene rings is 2. The van der Waals surface area contributed by atoms with E-state index in [1.54, 1.807) is 24.3 Å². The van der Waals surface area contributed by atoms with E-state index in [0.717, 1.165) is 19.9 Å². The van der Waals surface area contributed by atoms with E-state index >= 15 is 0 Å². The first kappa shape index (κ1) is 23.0. The molecule has 3 amide bonds. The van der Waals surface area contributed by atoms with Gasteiger partial charge in [0.15, 0.2) is 0 Å². The lowest BCUT2D eigenvalue weighted by Gasteiger charge is -2.15. The number of hydrogen-bond acceptors (Lipinski definition) is 3. The van der Waals surface area contributed by atoms with Gasteiger partial charge in [-0.3, -0.25) is 19.8 Å². The normalized spacial score (nSPS) is 11.8. The van der Waals surface area contributed by atoms with Gasteiger partial charge in [-0.05, 0) is 78.2 Å². The zero-order chi connectivity index (χ0) is 22.7. The summed E-state index contributed by atoms with van der Waals surface area (Å²) in [5, 5.41) is 6.19. The van der Waals surface area contributed by atoms with Crippen molar-refractivity contribution in [3.8, 4) is 0 Å². The summed E-state index contributed by atoms with van der Waals surface area (Å²) in [7, 11) is 0. The number of hydrogen-bond donors (Lipinski definition) is 3. The van der Waals surface area contributed by atoms with Crippen molar-refractivity contribution in [2.75, 3.05) is 10.7 Å². The number of halogens is 2. The predicted molar refractivity (Wildman–Crippen MR) is 129 cm³/mol. The number of amides is 3. The van der Waals surface area contributed by atoms with Crippen LogP contribution in [0.4, 0.5) is 5.69 Å². The van der Waals surface area contributed by atoms with Gasteiger partial charge >= 0.3 is 11.8 Å². The Kier molecular flexibility index (Phi) is 7.17. The van der Waals surface area contributed by atoms with Crippen LogP contribution in [-0.4, -0.2) is 28.4 Å². The fraction of sp³-hybridized carbons (Fsp3) is 0.227. The SMILES string of the molecule is CC[C@H](C)NC(=O)C(=O)Nn1c(C(=O)Nc2ccc(C)cc2Br)cc2cc(Br)ccc21. The van der Waals surface area contributed by atoms with Crippen LogP contribution < -0.4 is 16.1 Å². The molecule has 0 radical (unpaired) electrons. The molecule has 0 aliphatic rings. The number of fused-ring (bicyclic) bond motifs is 1. The Bertz CT molecular complexity index is 1170. The van der Waals surface area contributed by atoms with E-state index in [-0.39, 0.29) is 11.7 Å². The first-order chi connectivity index (χ1) is 14.7. The van der Waals surface area contributed by atoms with Gasteiger partial charge in [0.05, 0.1) is 11.2 Å². The molecule has 2 aromatic carbocycles. The van der Waals surface area contributed by atoms with Crippen LogP contribution in [0.2, 0.25) is 0 Å². The molecule has 0 spiro atoms. The number of carbonyl (C=O) groups excluding carboxylic acids is 3. The van der Waals surface area contributed by atoms with E-state index in [0.29, 0.717) is 17.6 Å². The molecule has 0 aliphatic heterocycles. The van der Waals surface area contributed by atoms with Crippen molar-refractivity contribution in [2.45, 2.75) is 33.2 Å². The second-order valence-electron chi connectivity index (χ2n) is 7.23. The maximum absolute atomic E-state index is 13.1. The van der Waals surface area contributed by atoms with Crippen molar-refractivity contribution in [2.24, 2.45) is 0 Å². The van der Waals surface area contributed by atoms with Gasteiger partial charge in [-0.15, -0.1) is 0 Å². The third-order valence-corrected chi connectivity index (χ3v) is 5.93. The summed E-state index contributed by atoms with van der Waals surface area (Å²) in [4.78, 5) is 37.8. The maximum Gasteiger partial charge on any atom is 0.328 e. The highest BCUT2D eigenvalue weighted by atomic mass is 79.9. The molecule has 0 saturated carbocycles. The van der Waals surface area contributed by atoms with Crippen LogP contribution in [-0.2, 0) is 9.59 Å². The van der Waals surface area contributed by atoms with Crippen molar-refractivity contribution >= 4 is 66.2 Å². The smallest absolute Gasteiger partial charge is 0.328 e. The Morgan fingerprint density at radius 1 is 1.03 bits per heavy atom. The summed E-state index contributed by atoms with van der Waals surface area (Å²) in [6.45, 7) is 5.67. The number of nitrogens with one attached hydrogen (secondary N) is 3. The predicted octanol–water partition coefficient (Wildman–Crippen LogP) is 4.71. The molecular weight excluding hydrogens is 528 g/mol. The molecule has 0 unspecified atom stereocenters. The van der Waals surface area contributed by atoms with Crippen LogP contribution in [0.25, 0.3) is 10.9 Å². The van der Waals surface area contributed by atoms with Crippen molar-refractivity contribution in [3.63, 3.8) is 0 Å². The third kappa shape index (κ3) is 5.34. The van der Waals surface area contributed by atoms with Gasteiger partial charge in [0.1, 0.15) is 5.69 Å². The second kappa shape index (κ2) is 9.65. The zero-order valence-corrected chi connectivity index (χ0v) is 20.4. The highest BCUT2D eigenvalue weighted by Crippen LogP contribution is 2.26. The van der Waals surface area contributed by atoms with Crippen LogP contribution >= 0.6 is 31.9 Å². The summed E-state index contributed by atoms with van der Waals surface area (Å²) in [6, 6.07) is 12.5. The Morgan fingerprint density at radius 2 is 1.77 bits per heavy atom. The Labute approximate surface area is 196 Å². The minimum Gasteiger partial charge on any atom is -0.345 e.